The van der Waals surface area contributed by atoms with E-state index in [2.05, 4.69) is 34.2 Å². The summed E-state index contributed by atoms with van der Waals surface area (Å²) in [6, 6.07) is 15.9. The van der Waals surface area contributed by atoms with Gasteiger partial charge in [-0.25, -0.2) is 4.79 Å². The van der Waals surface area contributed by atoms with E-state index in [-0.39, 0.29) is 12.0 Å². The number of carbonyl (C=O) groups excluding carboxylic acids is 1. The zero-order chi connectivity index (χ0) is 15.9. The molecule has 116 valence electrons. The Balaban J connectivity index is 1.94. The highest BCUT2D eigenvalue weighted by atomic mass is 79.9. The summed E-state index contributed by atoms with van der Waals surface area (Å²) in [4.78, 5) is 11.6. The van der Waals surface area contributed by atoms with Crippen molar-refractivity contribution in [3.05, 3.63) is 69.7 Å². The van der Waals surface area contributed by atoms with Crippen LogP contribution in [0.2, 0.25) is 0 Å². The highest BCUT2D eigenvalue weighted by Gasteiger charge is 2.09. The molecule has 0 aromatic heterocycles. The minimum absolute atomic E-state index is 0.236. The van der Waals surface area contributed by atoms with Gasteiger partial charge in [0.05, 0.1) is 12.2 Å². The Labute approximate surface area is 139 Å². The van der Waals surface area contributed by atoms with Crippen molar-refractivity contribution >= 4 is 21.9 Å². The van der Waals surface area contributed by atoms with Crippen molar-refractivity contribution in [2.75, 3.05) is 6.61 Å². The van der Waals surface area contributed by atoms with Gasteiger partial charge in [-0.1, -0.05) is 46.3 Å². The minimum Gasteiger partial charge on any atom is -0.462 e. The van der Waals surface area contributed by atoms with E-state index in [1.807, 2.05) is 30.3 Å². The van der Waals surface area contributed by atoms with Crippen LogP contribution in [0.4, 0.5) is 0 Å². The van der Waals surface area contributed by atoms with Crippen LogP contribution in [0.1, 0.15) is 41.4 Å². The molecule has 4 heteroatoms. The first-order valence-corrected chi connectivity index (χ1v) is 8.15. The molecule has 0 amide bonds. The fraction of sp³-hybridized carbons (Fsp3) is 0.278. The maximum absolute atomic E-state index is 11.6. The maximum Gasteiger partial charge on any atom is 0.338 e. The molecule has 3 nitrogen and oxygen atoms in total. The first-order valence-electron chi connectivity index (χ1n) is 7.35. The van der Waals surface area contributed by atoms with Gasteiger partial charge in [-0.3, -0.25) is 0 Å². The monoisotopic (exact) mass is 361 g/mol. The van der Waals surface area contributed by atoms with E-state index in [0.29, 0.717) is 12.2 Å². The largest absolute Gasteiger partial charge is 0.462 e. The molecule has 2 aromatic rings. The number of carbonyl (C=O) groups is 1. The fourth-order valence-corrected chi connectivity index (χ4v) is 2.81. The van der Waals surface area contributed by atoms with E-state index in [1.54, 1.807) is 19.1 Å². The van der Waals surface area contributed by atoms with Gasteiger partial charge < -0.3 is 10.1 Å². The zero-order valence-electron chi connectivity index (χ0n) is 12.8. The third-order valence-corrected chi connectivity index (χ3v) is 4.17. The average Bonchev–Trinajstić information content (AvgIpc) is 2.54. The van der Waals surface area contributed by atoms with Crippen LogP contribution in [0.25, 0.3) is 0 Å². The number of rotatable bonds is 6. The summed E-state index contributed by atoms with van der Waals surface area (Å²) in [6.45, 7) is 5.07. The molecule has 2 rings (SSSR count). The van der Waals surface area contributed by atoms with Gasteiger partial charge in [0.2, 0.25) is 0 Å². The van der Waals surface area contributed by atoms with Gasteiger partial charge in [-0.15, -0.1) is 0 Å². The lowest BCUT2D eigenvalue weighted by Crippen LogP contribution is -2.18. The molecule has 0 aliphatic rings. The molecule has 0 unspecified atom stereocenters. The van der Waals surface area contributed by atoms with E-state index in [4.69, 9.17) is 4.74 Å². The lowest BCUT2D eigenvalue weighted by molar-refractivity contribution is 0.0526. The molecule has 0 radical (unpaired) electrons. The summed E-state index contributed by atoms with van der Waals surface area (Å²) in [5.41, 5.74) is 2.95. The molecule has 0 heterocycles. The molecule has 1 N–H and O–H groups in total. The van der Waals surface area contributed by atoms with Crippen LogP contribution in [0.5, 0.6) is 0 Å². The van der Waals surface area contributed by atoms with Gasteiger partial charge in [0.1, 0.15) is 0 Å². The van der Waals surface area contributed by atoms with Gasteiger partial charge in [0.25, 0.3) is 0 Å². The van der Waals surface area contributed by atoms with Crippen LogP contribution in [-0.4, -0.2) is 12.6 Å². The molecule has 0 bridgehead atoms. The third-order valence-electron chi connectivity index (χ3n) is 3.45. The predicted molar refractivity (Wildman–Crippen MR) is 91.8 cm³/mol. The average molecular weight is 362 g/mol. The van der Waals surface area contributed by atoms with Crippen LogP contribution < -0.4 is 5.32 Å². The van der Waals surface area contributed by atoms with E-state index >= 15 is 0 Å². The topological polar surface area (TPSA) is 38.3 Å². The van der Waals surface area contributed by atoms with Crippen molar-refractivity contribution in [3.63, 3.8) is 0 Å². The smallest absolute Gasteiger partial charge is 0.338 e. The summed E-state index contributed by atoms with van der Waals surface area (Å²) >= 11 is 3.57. The molecule has 0 spiro atoms. The van der Waals surface area contributed by atoms with Crippen LogP contribution in [-0.2, 0) is 11.3 Å². The van der Waals surface area contributed by atoms with Crippen LogP contribution in [0.3, 0.4) is 0 Å². The standard InChI is InChI=1S/C18H20BrNO2/c1-3-22-18(21)15-10-8-14(9-11-15)12-20-13(2)16-6-4-5-7-17(16)19/h4-11,13,20H,3,12H2,1-2H3/t13-/m0/s1. The van der Waals surface area contributed by atoms with Crippen LogP contribution in [0, 0.1) is 0 Å². The van der Waals surface area contributed by atoms with Crippen LogP contribution >= 0.6 is 15.9 Å². The van der Waals surface area contributed by atoms with Gasteiger partial charge >= 0.3 is 5.97 Å². The molecule has 0 saturated carbocycles. The number of esters is 1. The summed E-state index contributed by atoms with van der Waals surface area (Å²) in [5.74, 6) is -0.274. The molecule has 22 heavy (non-hydrogen) atoms. The Morgan fingerprint density at radius 3 is 2.50 bits per heavy atom. The van der Waals surface area contributed by atoms with E-state index < -0.39 is 0 Å². The Hall–Kier alpha value is -1.65. The van der Waals surface area contributed by atoms with Gasteiger partial charge in [0, 0.05) is 17.1 Å². The zero-order valence-corrected chi connectivity index (χ0v) is 14.4. The summed E-state index contributed by atoms with van der Waals surface area (Å²) in [7, 11) is 0. The highest BCUT2D eigenvalue weighted by molar-refractivity contribution is 9.10. The lowest BCUT2D eigenvalue weighted by atomic mass is 10.1. The van der Waals surface area contributed by atoms with Gasteiger partial charge in [0.15, 0.2) is 0 Å². The second-order valence-electron chi connectivity index (χ2n) is 5.04. The van der Waals surface area contributed by atoms with E-state index in [0.717, 1.165) is 16.6 Å². The molecular weight excluding hydrogens is 342 g/mol. The summed E-state index contributed by atoms with van der Waals surface area (Å²) in [6.07, 6.45) is 0. The molecular formula is C18H20BrNO2. The summed E-state index contributed by atoms with van der Waals surface area (Å²) < 4.78 is 6.08. The highest BCUT2D eigenvalue weighted by Crippen LogP contribution is 2.23. The fourth-order valence-electron chi connectivity index (χ4n) is 2.18. The first kappa shape index (κ1) is 16.7. The van der Waals surface area contributed by atoms with Crippen molar-refractivity contribution in [3.8, 4) is 0 Å². The Bertz CT molecular complexity index is 625. The second-order valence-corrected chi connectivity index (χ2v) is 5.90. The quantitative estimate of drug-likeness (QED) is 0.771. The SMILES string of the molecule is CCOC(=O)c1ccc(CN[C@@H](C)c2ccccc2Br)cc1. The van der Waals surface area contributed by atoms with Crippen molar-refractivity contribution in [1.82, 2.24) is 5.32 Å². The Morgan fingerprint density at radius 2 is 1.86 bits per heavy atom. The van der Waals surface area contributed by atoms with Crippen molar-refractivity contribution in [2.24, 2.45) is 0 Å². The first-order chi connectivity index (χ1) is 10.6. The van der Waals surface area contributed by atoms with Gasteiger partial charge in [-0.2, -0.15) is 0 Å². The number of ether oxygens (including phenoxy) is 1. The molecule has 0 aliphatic heterocycles. The second kappa shape index (κ2) is 8.11. The van der Waals surface area contributed by atoms with Crippen molar-refractivity contribution in [2.45, 2.75) is 26.4 Å². The number of benzene rings is 2. The molecule has 0 fully saturated rings. The normalized spacial score (nSPS) is 12.0. The lowest BCUT2D eigenvalue weighted by Gasteiger charge is -2.16. The number of hydrogen-bond donors (Lipinski definition) is 1. The Morgan fingerprint density at radius 1 is 1.18 bits per heavy atom. The van der Waals surface area contributed by atoms with Crippen molar-refractivity contribution < 1.29 is 9.53 Å². The number of hydrogen-bond acceptors (Lipinski definition) is 3. The van der Waals surface area contributed by atoms with E-state index in [1.165, 1.54) is 5.56 Å². The molecule has 2 aromatic carbocycles. The van der Waals surface area contributed by atoms with Gasteiger partial charge in [-0.05, 0) is 43.2 Å². The van der Waals surface area contributed by atoms with Crippen molar-refractivity contribution in [1.29, 1.82) is 0 Å². The van der Waals surface area contributed by atoms with Crippen LogP contribution in [0.15, 0.2) is 53.0 Å². The number of halogens is 1. The molecule has 0 aliphatic carbocycles. The number of nitrogens with one attached hydrogen (secondary N) is 1. The minimum atomic E-state index is -0.274. The Kier molecular flexibility index (Phi) is 6.16. The molecule has 1 atom stereocenters. The third kappa shape index (κ3) is 4.42. The van der Waals surface area contributed by atoms with E-state index in [9.17, 15) is 4.79 Å². The maximum atomic E-state index is 11.6. The molecule has 0 saturated heterocycles. The summed E-state index contributed by atoms with van der Waals surface area (Å²) in [5, 5.41) is 3.48. The predicted octanol–water partition coefficient (Wildman–Crippen LogP) is 4.48.